The molecule has 2 unspecified atom stereocenters. The predicted molar refractivity (Wildman–Crippen MR) is 117 cm³/mol. The first-order valence-electron chi connectivity index (χ1n) is 8.95. The molecular weight excluding hydrogens is 420 g/mol. The summed E-state index contributed by atoms with van der Waals surface area (Å²) in [5.41, 5.74) is 2.04. The number of hydrogen-bond donors (Lipinski definition) is 3. The minimum Gasteiger partial charge on any atom is -0.324 e. The van der Waals surface area contributed by atoms with Gasteiger partial charge in [0.15, 0.2) is 11.0 Å². The standard InChI is InChI=1S/C21H16N4O3S2/c1-13-20(26)24-18-11-14(4-9-19(18)29-13)21(27)23-15-5-7-17(8-6-15)30(28)25-16-3-2-10-22-12-16/h2-5,7,9-13,25H,1H3,(H,23,27)(H,24,26). The van der Waals surface area contributed by atoms with Crippen LogP contribution in [0, 0.1) is 12.1 Å². The van der Waals surface area contributed by atoms with Gasteiger partial charge in [-0.25, -0.2) is 4.21 Å². The minimum absolute atomic E-state index is 0.0866. The van der Waals surface area contributed by atoms with Crippen molar-refractivity contribution in [2.24, 2.45) is 0 Å². The number of aromatic nitrogens is 1. The van der Waals surface area contributed by atoms with Crippen molar-refractivity contribution in [3.63, 3.8) is 0 Å². The number of carbonyl (C=O) groups is 2. The van der Waals surface area contributed by atoms with Crippen LogP contribution in [0.2, 0.25) is 0 Å². The first kappa shape index (κ1) is 19.9. The summed E-state index contributed by atoms with van der Waals surface area (Å²) in [5, 5.41) is 5.37. The van der Waals surface area contributed by atoms with Gasteiger partial charge in [0.1, 0.15) is 4.90 Å². The number of pyridine rings is 1. The molecule has 150 valence electrons. The van der Waals surface area contributed by atoms with Gasteiger partial charge in [0, 0.05) is 16.7 Å². The average Bonchev–Trinajstić information content (AvgIpc) is 2.75. The van der Waals surface area contributed by atoms with Crippen LogP contribution < -0.4 is 15.4 Å². The second-order valence-corrected chi connectivity index (χ2v) is 8.95. The van der Waals surface area contributed by atoms with Crippen molar-refractivity contribution in [2.75, 3.05) is 15.4 Å². The molecule has 0 bridgehead atoms. The summed E-state index contributed by atoms with van der Waals surface area (Å²) in [6, 6.07) is 17.4. The van der Waals surface area contributed by atoms with Gasteiger partial charge in [-0.1, -0.05) is 0 Å². The van der Waals surface area contributed by atoms with Crippen molar-refractivity contribution >= 4 is 51.6 Å². The Balaban J connectivity index is 1.42. The van der Waals surface area contributed by atoms with E-state index in [4.69, 9.17) is 0 Å². The number of fused-ring (bicyclic) bond motifs is 1. The Bertz CT molecular complexity index is 1120. The Kier molecular flexibility index (Phi) is 5.70. The van der Waals surface area contributed by atoms with Crippen LogP contribution in [0.25, 0.3) is 0 Å². The lowest BCUT2D eigenvalue weighted by atomic mass is 10.1. The molecule has 0 aliphatic carbocycles. The molecule has 0 saturated heterocycles. The number of benzene rings is 1. The summed E-state index contributed by atoms with van der Waals surface area (Å²) in [5.74, 6) is -0.431. The van der Waals surface area contributed by atoms with Crippen molar-refractivity contribution in [1.82, 2.24) is 4.98 Å². The van der Waals surface area contributed by atoms with E-state index < -0.39 is 11.0 Å². The van der Waals surface area contributed by atoms with Gasteiger partial charge in [-0.05, 0) is 61.5 Å². The maximum absolute atomic E-state index is 12.6. The molecule has 2 atom stereocenters. The molecule has 0 fully saturated rings. The first-order valence-corrected chi connectivity index (χ1v) is 11.0. The highest BCUT2D eigenvalue weighted by molar-refractivity contribution is 8.01. The second-order valence-electron chi connectivity index (χ2n) is 6.39. The SMILES string of the molecule is CC1Sc2ccc(C(=O)Nc3c#cc(S(=O)Nc4cccnc4)cc3)cc2NC1=O. The normalized spacial score (nSPS) is 15.9. The molecular formula is C21H16N4O3S2. The molecule has 2 heterocycles. The highest BCUT2D eigenvalue weighted by Gasteiger charge is 2.23. The molecule has 2 aromatic carbocycles. The monoisotopic (exact) mass is 436 g/mol. The summed E-state index contributed by atoms with van der Waals surface area (Å²) in [6.07, 6.45) is 3.19. The summed E-state index contributed by atoms with van der Waals surface area (Å²) in [7, 11) is -1.53. The third-order valence-electron chi connectivity index (χ3n) is 4.21. The van der Waals surface area contributed by atoms with Gasteiger partial charge in [-0.2, -0.15) is 0 Å². The fourth-order valence-corrected chi connectivity index (χ4v) is 4.39. The van der Waals surface area contributed by atoms with Crippen LogP contribution in [-0.2, 0) is 15.8 Å². The largest absolute Gasteiger partial charge is 0.324 e. The Labute approximate surface area is 180 Å². The molecule has 1 aliphatic rings. The zero-order chi connectivity index (χ0) is 21.1. The van der Waals surface area contributed by atoms with E-state index in [1.54, 1.807) is 48.8 Å². The molecule has 4 rings (SSSR count). The number of anilines is 3. The molecule has 9 heteroatoms. The van der Waals surface area contributed by atoms with E-state index in [-0.39, 0.29) is 17.1 Å². The van der Waals surface area contributed by atoms with E-state index in [0.717, 1.165) is 4.90 Å². The molecule has 0 spiro atoms. The summed E-state index contributed by atoms with van der Waals surface area (Å²) in [4.78, 5) is 29.7. The zero-order valence-electron chi connectivity index (χ0n) is 15.8. The molecule has 30 heavy (non-hydrogen) atoms. The number of carbonyl (C=O) groups excluding carboxylic acids is 2. The van der Waals surface area contributed by atoms with Crippen LogP contribution in [0.1, 0.15) is 17.3 Å². The fraction of sp³-hybridized carbons (Fsp3) is 0.0952. The fourth-order valence-electron chi connectivity index (χ4n) is 2.68. The molecule has 2 amide bonds. The number of amides is 2. The van der Waals surface area contributed by atoms with Crippen molar-refractivity contribution in [3.05, 3.63) is 72.6 Å². The smallest absolute Gasteiger partial charge is 0.256 e. The Hall–Kier alpha value is -3.35. The van der Waals surface area contributed by atoms with Crippen LogP contribution in [0.5, 0.6) is 0 Å². The van der Waals surface area contributed by atoms with Gasteiger partial charge < -0.3 is 10.6 Å². The highest BCUT2D eigenvalue weighted by Crippen LogP contribution is 2.36. The van der Waals surface area contributed by atoms with E-state index in [9.17, 15) is 13.8 Å². The van der Waals surface area contributed by atoms with E-state index >= 15 is 0 Å². The highest BCUT2D eigenvalue weighted by atomic mass is 32.2. The molecule has 0 saturated carbocycles. The molecule has 0 radical (unpaired) electrons. The quantitative estimate of drug-likeness (QED) is 0.568. The lowest BCUT2D eigenvalue weighted by Crippen LogP contribution is -2.26. The molecule has 1 aliphatic heterocycles. The van der Waals surface area contributed by atoms with E-state index in [1.807, 2.05) is 13.0 Å². The number of nitrogens with zero attached hydrogens (tertiary/aromatic N) is 1. The van der Waals surface area contributed by atoms with Gasteiger partial charge in [0.2, 0.25) is 5.91 Å². The molecule has 7 nitrogen and oxygen atoms in total. The van der Waals surface area contributed by atoms with Crippen molar-refractivity contribution in [1.29, 1.82) is 0 Å². The second kappa shape index (κ2) is 8.57. The van der Waals surface area contributed by atoms with Gasteiger partial charge in [-0.3, -0.25) is 19.3 Å². The Morgan fingerprint density at radius 2 is 2.10 bits per heavy atom. The van der Waals surface area contributed by atoms with Crippen molar-refractivity contribution in [2.45, 2.75) is 22.0 Å². The van der Waals surface area contributed by atoms with Crippen LogP contribution in [0.4, 0.5) is 17.1 Å². The Morgan fingerprint density at radius 1 is 1.23 bits per heavy atom. The first-order chi connectivity index (χ1) is 14.5. The van der Waals surface area contributed by atoms with Gasteiger partial charge in [0.05, 0.1) is 28.5 Å². The lowest BCUT2D eigenvalue weighted by Gasteiger charge is -2.21. The van der Waals surface area contributed by atoms with Gasteiger partial charge >= 0.3 is 0 Å². The lowest BCUT2D eigenvalue weighted by molar-refractivity contribution is -0.115. The van der Waals surface area contributed by atoms with Crippen LogP contribution in [0.3, 0.4) is 0 Å². The number of rotatable bonds is 5. The number of hydrogen-bond acceptors (Lipinski definition) is 5. The predicted octanol–water partition coefficient (Wildman–Crippen LogP) is 3.50. The van der Waals surface area contributed by atoms with Gasteiger partial charge in [-0.15, -0.1) is 11.8 Å². The molecule has 1 aromatic heterocycles. The van der Waals surface area contributed by atoms with E-state index in [2.05, 4.69) is 32.5 Å². The minimum atomic E-state index is -1.53. The number of nitrogens with one attached hydrogen (secondary N) is 3. The number of thioether (sulfide) groups is 1. The third kappa shape index (κ3) is 4.45. The summed E-state index contributed by atoms with van der Waals surface area (Å²) in [6.45, 7) is 1.83. The zero-order valence-corrected chi connectivity index (χ0v) is 17.4. The van der Waals surface area contributed by atoms with E-state index in [0.29, 0.717) is 27.5 Å². The average molecular weight is 437 g/mol. The van der Waals surface area contributed by atoms with Gasteiger partial charge in [0.25, 0.3) is 5.91 Å². The maximum atomic E-state index is 12.6. The maximum Gasteiger partial charge on any atom is 0.256 e. The van der Waals surface area contributed by atoms with Crippen molar-refractivity contribution < 1.29 is 13.8 Å². The molecule has 3 N–H and O–H groups in total. The summed E-state index contributed by atoms with van der Waals surface area (Å²) >= 11 is 1.46. The van der Waals surface area contributed by atoms with Crippen molar-refractivity contribution in [3.8, 4) is 0 Å². The van der Waals surface area contributed by atoms with E-state index in [1.165, 1.54) is 11.8 Å². The van der Waals surface area contributed by atoms with Crippen LogP contribution in [0.15, 0.2) is 64.6 Å². The van der Waals surface area contributed by atoms with Crippen LogP contribution in [-0.4, -0.2) is 26.3 Å². The topological polar surface area (TPSA) is 100 Å². The Morgan fingerprint density at radius 3 is 2.83 bits per heavy atom. The third-order valence-corrected chi connectivity index (χ3v) is 6.45. The molecule has 3 aromatic rings. The van der Waals surface area contributed by atoms with Crippen LogP contribution >= 0.6 is 11.8 Å². The summed E-state index contributed by atoms with van der Waals surface area (Å²) < 4.78 is 15.2.